The van der Waals surface area contributed by atoms with Crippen LogP contribution in [0.4, 0.5) is 14.5 Å². The number of aryl methyl sites for hydroxylation is 1. The molecule has 0 unspecified atom stereocenters. The van der Waals surface area contributed by atoms with E-state index in [0.717, 1.165) is 45.2 Å². The van der Waals surface area contributed by atoms with Crippen LogP contribution in [-0.4, -0.2) is 45.7 Å². The number of aromatic nitrogens is 1. The molecule has 0 amide bonds. The second kappa shape index (κ2) is 11.4. The molecule has 0 saturated carbocycles. The van der Waals surface area contributed by atoms with E-state index in [1.807, 2.05) is 12.1 Å². The van der Waals surface area contributed by atoms with Crippen LogP contribution >= 0.6 is 12.2 Å². The molecule has 0 saturated heterocycles. The van der Waals surface area contributed by atoms with Crippen LogP contribution in [0.15, 0.2) is 48.7 Å². The molecule has 0 fully saturated rings. The van der Waals surface area contributed by atoms with Crippen molar-refractivity contribution in [3.05, 3.63) is 65.9 Å². The molecule has 0 aliphatic carbocycles. The normalized spacial score (nSPS) is 11.3. The lowest BCUT2D eigenvalue weighted by molar-refractivity contribution is 0.281. The molecule has 2 aromatic carbocycles. The fourth-order valence-corrected chi connectivity index (χ4v) is 4.30. The summed E-state index contributed by atoms with van der Waals surface area (Å²) in [5.41, 5.74) is 2.69. The van der Waals surface area contributed by atoms with E-state index in [4.69, 9.17) is 12.2 Å². The summed E-state index contributed by atoms with van der Waals surface area (Å²) in [7, 11) is 0. The van der Waals surface area contributed by atoms with Crippen molar-refractivity contribution in [3.63, 3.8) is 0 Å². The van der Waals surface area contributed by atoms with Gasteiger partial charge in [-0.1, -0.05) is 32.0 Å². The van der Waals surface area contributed by atoms with Gasteiger partial charge in [0, 0.05) is 48.5 Å². The monoisotopic (exact) mass is 458 g/mol. The van der Waals surface area contributed by atoms with Crippen molar-refractivity contribution in [1.29, 1.82) is 0 Å². The number of halogens is 2. The molecular formula is C25H32F2N4S. The maximum atomic E-state index is 13.7. The third kappa shape index (κ3) is 6.04. The van der Waals surface area contributed by atoms with Gasteiger partial charge in [-0.15, -0.1) is 0 Å². The second-order valence-electron chi connectivity index (χ2n) is 7.85. The molecule has 7 heteroatoms. The Labute approximate surface area is 194 Å². The summed E-state index contributed by atoms with van der Waals surface area (Å²) in [5, 5.41) is 4.69. The van der Waals surface area contributed by atoms with E-state index < -0.39 is 11.6 Å². The Hall–Kier alpha value is -2.51. The first-order valence-corrected chi connectivity index (χ1v) is 11.7. The van der Waals surface area contributed by atoms with E-state index in [1.54, 1.807) is 0 Å². The van der Waals surface area contributed by atoms with Crippen LogP contribution in [-0.2, 0) is 13.1 Å². The molecule has 0 bridgehead atoms. The van der Waals surface area contributed by atoms with Crippen LogP contribution in [0.2, 0.25) is 0 Å². The number of anilines is 1. The molecule has 1 aromatic heterocycles. The molecule has 32 heavy (non-hydrogen) atoms. The lowest BCUT2D eigenvalue weighted by atomic mass is 10.1. The first-order chi connectivity index (χ1) is 15.4. The predicted molar refractivity (Wildman–Crippen MR) is 133 cm³/mol. The van der Waals surface area contributed by atoms with Crippen LogP contribution in [0.1, 0.15) is 32.8 Å². The van der Waals surface area contributed by atoms with E-state index in [1.165, 1.54) is 28.6 Å². The summed E-state index contributed by atoms with van der Waals surface area (Å²) in [4.78, 5) is 4.46. The van der Waals surface area contributed by atoms with E-state index >= 15 is 0 Å². The largest absolute Gasteiger partial charge is 0.347 e. The summed E-state index contributed by atoms with van der Waals surface area (Å²) in [5.74, 6) is -1.26. The SMILES string of the molecule is CCN(CC)CCCN(Cc1cn(CC)c2ccccc12)C(=S)Nc1cc(F)cc(F)c1. The number of thiocarbonyl (C=S) groups is 1. The fraction of sp³-hybridized carbons (Fsp3) is 0.400. The molecule has 0 aliphatic rings. The molecule has 172 valence electrons. The number of fused-ring (bicyclic) bond motifs is 1. The van der Waals surface area contributed by atoms with Gasteiger partial charge in [0.05, 0.1) is 0 Å². The summed E-state index contributed by atoms with van der Waals surface area (Å²) in [6, 6.07) is 11.7. The second-order valence-corrected chi connectivity index (χ2v) is 8.23. The van der Waals surface area contributed by atoms with E-state index in [2.05, 4.69) is 58.8 Å². The standard InChI is InChI=1S/C25H32F2N4S/c1-4-29(5-2)12-9-13-31(25(32)28-22-15-20(26)14-21(27)16-22)18-19-17-30(6-3)24-11-8-7-10-23(19)24/h7-8,10-11,14-17H,4-6,9,12-13,18H2,1-3H3,(H,28,32). The van der Waals surface area contributed by atoms with Crippen molar-refractivity contribution in [3.8, 4) is 0 Å². The zero-order valence-electron chi connectivity index (χ0n) is 19.1. The number of benzene rings is 2. The Bertz CT molecular complexity index is 1030. The fourth-order valence-electron chi connectivity index (χ4n) is 4.02. The van der Waals surface area contributed by atoms with E-state index in [9.17, 15) is 8.78 Å². The minimum Gasteiger partial charge on any atom is -0.347 e. The maximum absolute atomic E-state index is 13.7. The molecule has 1 N–H and O–H groups in total. The lowest BCUT2D eigenvalue weighted by Crippen LogP contribution is -2.36. The molecule has 0 atom stereocenters. The highest BCUT2D eigenvalue weighted by atomic mass is 32.1. The molecular weight excluding hydrogens is 426 g/mol. The Morgan fingerprint density at radius 3 is 2.34 bits per heavy atom. The topological polar surface area (TPSA) is 23.4 Å². The van der Waals surface area contributed by atoms with Gasteiger partial charge < -0.3 is 19.7 Å². The zero-order valence-corrected chi connectivity index (χ0v) is 19.9. The number of para-hydroxylation sites is 1. The average molecular weight is 459 g/mol. The van der Waals surface area contributed by atoms with Gasteiger partial charge in [0.25, 0.3) is 0 Å². The summed E-state index contributed by atoms with van der Waals surface area (Å²) < 4.78 is 29.6. The van der Waals surface area contributed by atoms with Crippen LogP contribution in [0.5, 0.6) is 0 Å². The third-order valence-electron chi connectivity index (χ3n) is 5.77. The van der Waals surface area contributed by atoms with Gasteiger partial charge in [-0.05, 0) is 69.0 Å². The summed E-state index contributed by atoms with van der Waals surface area (Å²) in [6.45, 7) is 11.7. The first kappa shape index (κ1) is 24.1. The first-order valence-electron chi connectivity index (χ1n) is 11.3. The minimum absolute atomic E-state index is 0.317. The van der Waals surface area contributed by atoms with E-state index in [0.29, 0.717) is 17.3 Å². The Kier molecular flexibility index (Phi) is 8.59. The minimum atomic E-state index is -0.630. The summed E-state index contributed by atoms with van der Waals surface area (Å²) in [6.07, 6.45) is 3.11. The van der Waals surface area contributed by atoms with Gasteiger partial charge in [0.15, 0.2) is 5.11 Å². The third-order valence-corrected chi connectivity index (χ3v) is 6.13. The van der Waals surface area contributed by atoms with Crippen molar-refractivity contribution in [1.82, 2.24) is 14.4 Å². The van der Waals surface area contributed by atoms with Crippen molar-refractivity contribution < 1.29 is 8.78 Å². The van der Waals surface area contributed by atoms with Gasteiger partial charge in [-0.25, -0.2) is 8.78 Å². The number of hydrogen-bond acceptors (Lipinski definition) is 2. The highest BCUT2D eigenvalue weighted by Crippen LogP contribution is 2.23. The van der Waals surface area contributed by atoms with Crippen molar-refractivity contribution in [2.45, 2.75) is 40.3 Å². The van der Waals surface area contributed by atoms with Crippen molar-refractivity contribution >= 4 is 33.9 Å². The van der Waals surface area contributed by atoms with Crippen LogP contribution in [0.25, 0.3) is 10.9 Å². The molecule has 0 spiro atoms. The summed E-state index contributed by atoms with van der Waals surface area (Å²) >= 11 is 5.69. The van der Waals surface area contributed by atoms with Crippen LogP contribution in [0.3, 0.4) is 0 Å². The number of hydrogen-bond donors (Lipinski definition) is 1. The number of nitrogens with zero attached hydrogens (tertiary/aromatic N) is 3. The van der Waals surface area contributed by atoms with Gasteiger partial charge in [-0.3, -0.25) is 0 Å². The lowest BCUT2D eigenvalue weighted by Gasteiger charge is -2.27. The van der Waals surface area contributed by atoms with Crippen molar-refractivity contribution in [2.75, 3.05) is 31.5 Å². The van der Waals surface area contributed by atoms with Crippen LogP contribution in [0, 0.1) is 11.6 Å². The highest BCUT2D eigenvalue weighted by molar-refractivity contribution is 7.80. The van der Waals surface area contributed by atoms with Crippen LogP contribution < -0.4 is 5.32 Å². The number of nitrogens with one attached hydrogen (secondary N) is 1. The quantitative estimate of drug-likeness (QED) is 0.384. The molecule has 4 nitrogen and oxygen atoms in total. The average Bonchev–Trinajstić information content (AvgIpc) is 3.13. The van der Waals surface area contributed by atoms with Gasteiger partial charge >= 0.3 is 0 Å². The van der Waals surface area contributed by atoms with E-state index in [-0.39, 0.29) is 0 Å². The van der Waals surface area contributed by atoms with Gasteiger partial charge in [0.2, 0.25) is 0 Å². The molecule has 3 rings (SSSR count). The maximum Gasteiger partial charge on any atom is 0.173 e. The highest BCUT2D eigenvalue weighted by Gasteiger charge is 2.16. The molecule has 1 heterocycles. The Balaban J connectivity index is 1.82. The van der Waals surface area contributed by atoms with Crippen molar-refractivity contribution in [2.24, 2.45) is 0 Å². The Morgan fingerprint density at radius 2 is 1.69 bits per heavy atom. The number of rotatable bonds is 10. The molecule has 3 aromatic rings. The van der Waals surface area contributed by atoms with Gasteiger partial charge in [0.1, 0.15) is 11.6 Å². The smallest absolute Gasteiger partial charge is 0.173 e. The Morgan fingerprint density at radius 1 is 1.00 bits per heavy atom. The van der Waals surface area contributed by atoms with Gasteiger partial charge in [-0.2, -0.15) is 0 Å². The molecule has 0 aliphatic heterocycles. The molecule has 0 radical (unpaired) electrons. The predicted octanol–water partition coefficient (Wildman–Crippen LogP) is 5.87. The zero-order chi connectivity index (χ0) is 23.1.